The zero-order valence-electron chi connectivity index (χ0n) is 12.1. The second-order valence-electron chi connectivity index (χ2n) is 5.27. The van der Waals surface area contributed by atoms with Crippen molar-refractivity contribution in [2.24, 2.45) is 5.92 Å². The Labute approximate surface area is 123 Å². The van der Waals surface area contributed by atoms with Crippen LogP contribution in [0.2, 0.25) is 0 Å². The largest absolute Gasteiger partial charge is 0.467 e. The van der Waals surface area contributed by atoms with Crippen molar-refractivity contribution in [3.63, 3.8) is 0 Å². The first-order chi connectivity index (χ1) is 9.80. The Morgan fingerprint density at radius 2 is 1.90 bits per heavy atom. The molecule has 1 aromatic carbocycles. The third-order valence-electron chi connectivity index (χ3n) is 3.31. The van der Waals surface area contributed by atoms with E-state index in [1.54, 1.807) is 12.1 Å². The number of nitrogens with zero attached hydrogens (tertiary/aromatic N) is 1. The molecule has 0 N–H and O–H groups in total. The number of benzene rings is 1. The molecule has 114 valence electrons. The minimum absolute atomic E-state index is 0.0285. The molecule has 1 heterocycles. The number of hydrogen-bond acceptors (Lipinski definition) is 5. The Bertz CT molecular complexity index is 680. The summed E-state index contributed by atoms with van der Waals surface area (Å²) in [5.41, 5.74) is 0.0927. The fraction of sp³-hybridized carbons (Fsp3) is 0.429. The van der Waals surface area contributed by atoms with E-state index in [2.05, 4.69) is 4.74 Å². The highest BCUT2D eigenvalue weighted by Gasteiger charge is 2.47. The average molecular weight is 311 g/mol. The lowest BCUT2D eigenvalue weighted by Crippen LogP contribution is -2.46. The molecule has 0 unspecified atom stereocenters. The summed E-state index contributed by atoms with van der Waals surface area (Å²) in [5, 5.41) is 0. The normalized spacial score (nSPS) is 17.7. The summed E-state index contributed by atoms with van der Waals surface area (Å²) in [5.74, 6) is -1.38. The Balaban J connectivity index is 2.53. The number of fused-ring (bicyclic) bond motifs is 1. The predicted molar refractivity (Wildman–Crippen MR) is 75.1 cm³/mol. The molecule has 0 aliphatic carbocycles. The minimum atomic E-state index is -4.01. The van der Waals surface area contributed by atoms with E-state index in [9.17, 15) is 18.0 Å². The van der Waals surface area contributed by atoms with E-state index in [-0.39, 0.29) is 22.8 Å². The maximum absolute atomic E-state index is 12.5. The van der Waals surface area contributed by atoms with Crippen molar-refractivity contribution in [2.45, 2.75) is 31.2 Å². The van der Waals surface area contributed by atoms with Gasteiger partial charge >= 0.3 is 5.97 Å². The van der Waals surface area contributed by atoms with Gasteiger partial charge in [0.25, 0.3) is 15.9 Å². The van der Waals surface area contributed by atoms with Gasteiger partial charge in [0.15, 0.2) is 0 Å². The smallest absolute Gasteiger partial charge is 0.329 e. The predicted octanol–water partition coefficient (Wildman–Crippen LogP) is 1.42. The van der Waals surface area contributed by atoms with Gasteiger partial charge in [0.05, 0.1) is 12.7 Å². The number of ether oxygens (including phenoxy) is 1. The van der Waals surface area contributed by atoms with Gasteiger partial charge in [-0.15, -0.1) is 0 Å². The number of carbonyl (C=O) groups is 2. The molecule has 0 fully saturated rings. The lowest BCUT2D eigenvalue weighted by molar-refractivity contribution is -0.145. The van der Waals surface area contributed by atoms with Crippen molar-refractivity contribution in [2.75, 3.05) is 7.11 Å². The molecule has 7 heteroatoms. The molecule has 1 aliphatic rings. The van der Waals surface area contributed by atoms with Gasteiger partial charge in [0, 0.05) is 0 Å². The van der Waals surface area contributed by atoms with Crippen LogP contribution < -0.4 is 0 Å². The Morgan fingerprint density at radius 3 is 2.43 bits per heavy atom. The maximum atomic E-state index is 12.5. The molecule has 2 rings (SSSR count). The van der Waals surface area contributed by atoms with Crippen LogP contribution in [0, 0.1) is 5.92 Å². The molecule has 1 amide bonds. The molecule has 1 atom stereocenters. The van der Waals surface area contributed by atoms with E-state index in [0.717, 1.165) is 0 Å². The summed E-state index contributed by atoms with van der Waals surface area (Å²) >= 11 is 0. The van der Waals surface area contributed by atoms with Crippen LogP contribution in [0.3, 0.4) is 0 Å². The van der Waals surface area contributed by atoms with Crippen LogP contribution in [-0.2, 0) is 19.6 Å². The van der Waals surface area contributed by atoms with Crippen LogP contribution in [-0.4, -0.2) is 37.8 Å². The molecule has 0 saturated carbocycles. The summed E-state index contributed by atoms with van der Waals surface area (Å²) in [6, 6.07) is 4.80. The molecule has 0 saturated heterocycles. The van der Waals surface area contributed by atoms with Crippen LogP contribution >= 0.6 is 0 Å². The zero-order chi connectivity index (χ0) is 15.8. The number of carbonyl (C=O) groups excluding carboxylic acids is 2. The van der Waals surface area contributed by atoms with Crippen molar-refractivity contribution in [1.29, 1.82) is 0 Å². The fourth-order valence-corrected chi connectivity index (χ4v) is 4.10. The molecule has 0 radical (unpaired) electrons. The van der Waals surface area contributed by atoms with Gasteiger partial charge in [-0.05, 0) is 24.5 Å². The molecule has 21 heavy (non-hydrogen) atoms. The van der Waals surface area contributed by atoms with E-state index in [0.29, 0.717) is 4.31 Å². The van der Waals surface area contributed by atoms with Crippen molar-refractivity contribution in [3.8, 4) is 0 Å². The molecule has 1 aliphatic heterocycles. The number of hydrogen-bond donors (Lipinski definition) is 0. The average Bonchev–Trinajstić information content (AvgIpc) is 2.63. The quantitative estimate of drug-likeness (QED) is 0.786. The van der Waals surface area contributed by atoms with Crippen molar-refractivity contribution < 1.29 is 22.7 Å². The van der Waals surface area contributed by atoms with Crippen molar-refractivity contribution >= 4 is 21.9 Å². The molecular weight excluding hydrogens is 294 g/mol. The molecule has 0 spiro atoms. The zero-order valence-corrected chi connectivity index (χ0v) is 12.9. The first kappa shape index (κ1) is 15.5. The highest BCUT2D eigenvalue weighted by atomic mass is 32.2. The van der Waals surface area contributed by atoms with Gasteiger partial charge in [0.1, 0.15) is 10.9 Å². The third kappa shape index (κ3) is 2.53. The van der Waals surface area contributed by atoms with Gasteiger partial charge in [-0.3, -0.25) is 4.79 Å². The lowest BCUT2D eigenvalue weighted by atomic mass is 10.0. The molecule has 0 aromatic heterocycles. The van der Waals surface area contributed by atoms with Gasteiger partial charge in [-0.1, -0.05) is 26.0 Å². The molecular formula is C14H17NO5S. The Morgan fingerprint density at radius 1 is 1.29 bits per heavy atom. The topological polar surface area (TPSA) is 80.8 Å². The van der Waals surface area contributed by atoms with Gasteiger partial charge < -0.3 is 4.74 Å². The third-order valence-corrected chi connectivity index (χ3v) is 5.16. The van der Waals surface area contributed by atoms with Crippen LogP contribution in [0.5, 0.6) is 0 Å². The summed E-state index contributed by atoms with van der Waals surface area (Å²) in [7, 11) is -2.84. The monoisotopic (exact) mass is 311 g/mol. The van der Waals surface area contributed by atoms with E-state index in [4.69, 9.17) is 0 Å². The highest BCUT2D eigenvalue weighted by Crippen LogP contribution is 2.33. The Hall–Kier alpha value is -1.89. The summed E-state index contributed by atoms with van der Waals surface area (Å²) in [4.78, 5) is 24.3. The second kappa shape index (κ2) is 5.48. The van der Waals surface area contributed by atoms with Crippen LogP contribution in [0.15, 0.2) is 29.2 Å². The van der Waals surface area contributed by atoms with Gasteiger partial charge in [0.2, 0.25) is 0 Å². The number of methoxy groups -OCH3 is 1. The summed E-state index contributed by atoms with van der Waals surface area (Å²) in [6.07, 6.45) is 0.214. The van der Waals surface area contributed by atoms with E-state index in [1.165, 1.54) is 19.2 Å². The van der Waals surface area contributed by atoms with Crippen LogP contribution in [0.4, 0.5) is 0 Å². The molecule has 0 bridgehead atoms. The fourth-order valence-electron chi connectivity index (χ4n) is 2.38. The standard InChI is InChI=1S/C14H17NO5S/c1-9(2)8-11(14(17)20-3)15-13(16)10-6-4-5-7-12(10)21(15,18)19/h4-7,9,11H,8H2,1-3H3/t11-/m0/s1. The SMILES string of the molecule is COC(=O)[C@H](CC(C)C)N1C(=O)c2ccccc2S1(=O)=O. The second-order valence-corrected chi connectivity index (χ2v) is 7.05. The van der Waals surface area contributed by atoms with Gasteiger partial charge in [-0.2, -0.15) is 0 Å². The molecule has 6 nitrogen and oxygen atoms in total. The van der Waals surface area contributed by atoms with Gasteiger partial charge in [-0.25, -0.2) is 17.5 Å². The van der Waals surface area contributed by atoms with Crippen LogP contribution in [0.1, 0.15) is 30.6 Å². The highest BCUT2D eigenvalue weighted by molar-refractivity contribution is 7.90. The van der Waals surface area contributed by atoms with E-state index < -0.39 is 27.9 Å². The lowest BCUT2D eigenvalue weighted by Gasteiger charge is -2.25. The summed E-state index contributed by atoms with van der Waals surface area (Å²) in [6.45, 7) is 3.69. The van der Waals surface area contributed by atoms with Crippen LogP contribution in [0.25, 0.3) is 0 Å². The number of sulfonamides is 1. The van der Waals surface area contributed by atoms with Crippen molar-refractivity contribution in [1.82, 2.24) is 4.31 Å². The Kier molecular flexibility index (Phi) is 4.04. The maximum Gasteiger partial charge on any atom is 0.329 e. The molecule has 1 aromatic rings. The number of esters is 1. The number of amides is 1. The first-order valence-electron chi connectivity index (χ1n) is 6.56. The number of rotatable bonds is 4. The van der Waals surface area contributed by atoms with Crippen molar-refractivity contribution in [3.05, 3.63) is 29.8 Å². The van der Waals surface area contributed by atoms with E-state index in [1.807, 2.05) is 13.8 Å². The van der Waals surface area contributed by atoms with E-state index >= 15 is 0 Å². The first-order valence-corrected chi connectivity index (χ1v) is 8.00. The summed E-state index contributed by atoms with van der Waals surface area (Å²) < 4.78 is 30.4. The minimum Gasteiger partial charge on any atom is -0.467 e.